The van der Waals surface area contributed by atoms with Crippen LogP contribution in [0.15, 0.2) is 97.3 Å². The molecule has 2 aromatic heterocycles. The van der Waals surface area contributed by atoms with Crippen molar-refractivity contribution in [2.75, 3.05) is 0 Å². The fourth-order valence-electron chi connectivity index (χ4n) is 4.76. The fraction of sp³-hybridized carbons (Fsp3) is 0.200. The number of nitrogens with zero attached hydrogens (tertiary/aromatic N) is 2. The number of halogens is 2. The minimum Gasteiger partial charge on any atom is -0.326 e. The van der Waals surface area contributed by atoms with Gasteiger partial charge in [0.25, 0.3) is 0 Å². The zero-order chi connectivity index (χ0) is 32.3. The van der Waals surface area contributed by atoms with Crippen molar-refractivity contribution in [2.24, 2.45) is 11.5 Å². The average Bonchev–Trinajstić information content (AvgIpc) is 2.97. The molecule has 0 bridgehead atoms. The molecule has 0 aliphatic heterocycles. The molecule has 15 heteroatoms. The topological polar surface area (TPSA) is 262 Å². The Hall–Kier alpha value is -2.82. The van der Waals surface area contributed by atoms with E-state index in [2.05, 4.69) is 82.8 Å². The van der Waals surface area contributed by atoms with Gasteiger partial charge in [0.2, 0.25) is 0 Å². The summed E-state index contributed by atoms with van der Waals surface area (Å²) in [6.45, 7) is 0. The predicted octanol–water partition coefficient (Wildman–Crippen LogP) is -3.18. The summed E-state index contributed by atoms with van der Waals surface area (Å²) in [5.74, 6) is 0. The van der Waals surface area contributed by atoms with Crippen molar-refractivity contribution in [1.29, 1.82) is 0 Å². The third-order valence-electron chi connectivity index (χ3n) is 6.67. The van der Waals surface area contributed by atoms with Gasteiger partial charge in [-0.1, -0.05) is 85.6 Å². The van der Waals surface area contributed by atoms with Crippen molar-refractivity contribution in [2.45, 2.75) is 37.8 Å². The van der Waals surface area contributed by atoms with E-state index in [9.17, 15) is 0 Å². The summed E-state index contributed by atoms with van der Waals surface area (Å²) in [6.07, 6.45) is 8.55. The molecule has 1 aliphatic rings. The van der Waals surface area contributed by atoms with Crippen molar-refractivity contribution in [3.63, 3.8) is 0 Å². The van der Waals surface area contributed by atoms with Crippen LogP contribution in [0.25, 0.3) is 44.1 Å². The van der Waals surface area contributed by atoms with Crippen LogP contribution in [0.5, 0.6) is 0 Å². The van der Waals surface area contributed by atoms with Crippen molar-refractivity contribution in [3.05, 3.63) is 97.3 Å². The first kappa shape index (κ1) is 38.4. The molecule has 2 atom stereocenters. The Labute approximate surface area is 274 Å². The number of pyridine rings is 2. The van der Waals surface area contributed by atoms with Crippen molar-refractivity contribution in [3.8, 4) is 22.3 Å². The summed E-state index contributed by atoms with van der Waals surface area (Å²) in [5, 5.41) is 2.26. The van der Waals surface area contributed by atoms with E-state index in [1.165, 1.54) is 35.1 Å². The summed E-state index contributed by atoms with van der Waals surface area (Å²) < 4.78 is 67.9. The molecule has 0 amide bonds. The molecule has 1 saturated carbocycles. The molecule has 3 aromatic carbocycles. The normalized spacial score (nSPS) is 16.1. The molecule has 6 rings (SSSR count). The van der Waals surface area contributed by atoms with Gasteiger partial charge in [-0.25, -0.2) is 37.3 Å². The average molecular weight is 709 g/mol. The zero-order valence-electron chi connectivity index (χ0n) is 23.6. The third-order valence-corrected chi connectivity index (χ3v) is 6.67. The van der Waals surface area contributed by atoms with Crippen LogP contribution in [0.2, 0.25) is 0 Å². The van der Waals surface area contributed by atoms with Gasteiger partial charge in [-0.05, 0) is 47.2 Å². The van der Waals surface area contributed by atoms with Gasteiger partial charge in [-0.2, -0.15) is 0 Å². The summed E-state index contributed by atoms with van der Waals surface area (Å²) in [7, 11) is -9.89. The first-order valence-corrected chi connectivity index (χ1v) is 15.7. The minimum atomic E-state index is -4.94. The molecule has 4 N–H and O–H groups in total. The van der Waals surface area contributed by atoms with Crippen LogP contribution >= 0.6 is 0 Å². The Balaban J connectivity index is 0.000000306. The number of nitrogens with two attached hydrogens (primary N) is 2. The first-order chi connectivity index (χ1) is 20.7. The standard InChI is InChI=1S/C24H16N2.C6H14N2.2ClHO4.Cu/c1-3-7-17(8-4-1)19-13-15-25-23-21(19)11-12-22-20(14-16-26-24(22)23)18-9-5-2-6-10-18;7-5-3-1-2-4-6(5)8;2*2-1(3,4)5;/h1-16H;5-6H,1-4,7-8H2;2*(H,2,3,4,5);/q;;;;+2/p-2/t;5-,6-;;;/m.1.../s1. The molecular weight excluding hydrogens is 679 g/mol. The van der Waals surface area contributed by atoms with Gasteiger partial charge >= 0.3 is 17.1 Å². The second-order valence-corrected chi connectivity index (χ2v) is 11.2. The van der Waals surface area contributed by atoms with E-state index in [1.54, 1.807) is 0 Å². The van der Waals surface area contributed by atoms with Crippen LogP contribution in [0.3, 0.4) is 0 Å². The molecule has 243 valence electrons. The fourth-order valence-corrected chi connectivity index (χ4v) is 4.76. The van der Waals surface area contributed by atoms with Gasteiger partial charge in [-0.15, -0.1) is 20.5 Å². The maximum absolute atomic E-state index is 8.49. The smallest absolute Gasteiger partial charge is 0.326 e. The van der Waals surface area contributed by atoms with E-state index in [4.69, 9.17) is 48.7 Å². The molecule has 1 fully saturated rings. The molecule has 1 aliphatic carbocycles. The molecular formula is C30H30Cl2CuN4O8. The minimum absolute atomic E-state index is 0. The van der Waals surface area contributed by atoms with E-state index in [1.807, 2.05) is 24.5 Å². The zero-order valence-corrected chi connectivity index (χ0v) is 26.0. The van der Waals surface area contributed by atoms with E-state index in [0.717, 1.165) is 34.6 Å². The summed E-state index contributed by atoms with van der Waals surface area (Å²) in [6, 6.07) is 29.9. The maximum Gasteiger partial charge on any atom is 2.00 e. The molecule has 0 unspecified atom stereocenters. The van der Waals surface area contributed by atoms with Crippen LogP contribution in [-0.2, 0) is 17.1 Å². The van der Waals surface area contributed by atoms with Crippen LogP contribution in [0.4, 0.5) is 0 Å². The molecule has 0 saturated heterocycles. The van der Waals surface area contributed by atoms with Gasteiger partial charge in [-0.3, -0.25) is 9.97 Å². The largest absolute Gasteiger partial charge is 2.00 e. The first-order valence-electron chi connectivity index (χ1n) is 13.2. The number of aromatic nitrogens is 2. The second kappa shape index (κ2) is 17.8. The molecule has 5 aromatic rings. The van der Waals surface area contributed by atoms with Crippen molar-refractivity contribution < 1.29 is 74.8 Å². The number of hydrogen-bond donors (Lipinski definition) is 2. The Morgan fingerprint density at radius 1 is 0.511 bits per heavy atom. The Bertz CT molecular complexity index is 1480. The van der Waals surface area contributed by atoms with E-state index in [0.29, 0.717) is 0 Å². The van der Waals surface area contributed by atoms with Crippen LogP contribution in [-0.4, -0.2) is 22.1 Å². The van der Waals surface area contributed by atoms with E-state index in [-0.39, 0.29) is 29.2 Å². The summed E-state index contributed by atoms with van der Waals surface area (Å²) in [5.41, 5.74) is 18.0. The van der Waals surface area contributed by atoms with E-state index < -0.39 is 20.5 Å². The maximum atomic E-state index is 8.49. The Morgan fingerprint density at radius 3 is 1.11 bits per heavy atom. The quantitative estimate of drug-likeness (QED) is 0.136. The second-order valence-electron chi connectivity index (χ2n) is 9.68. The van der Waals surface area contributed by atoms with Crippen molar-refractivity contribution >= 4 is 21.8 Å². The SMILES string of the molecule is N[C@@H]1CCCC[C@H]1N.[Cu+2].[O-][Cl+3]([O-])([O-])[O-].[O-][Cl+3]([O-])([O-])[O-].c1ccc(-c2ccnc3c2ccc2c(-c4ccccc4)ccnc23)cc1. The molecule has 1 radical (unpaired) electrons. The molecule has 0 spiro atoms. The number of fused-ring (bicyclic) bond motifs is 3. The monoisotopic (exact) mass is 707 g/mol. The van der Waals surface area contributed by atoms with Gasteiger partial charge in [0.15, 0.2) is 0 Å². The van der Waals surface area contributed by atoms with E-state index >= 15 is 0 Å². The van der Waals surface area contributed by atoms with Gasteiger partial charge in [0, 0.05) is 35.2 Å². The van der Waals surface area contributed by atoms with Crippen LogP contribution < -0.4 is 48.7 Å². The number of hydrogen-bond acceptors (Lipinski definition) is 12. The molecule has 12 nitrogen and oxygen atoms in total. The predicted molar refractivity (Wildman–Crippen MR) is 142 cm³/mol. The van der Waals surface area contributed by atoms with Gasteiger partial charge in [0.1, 0.15) is 0 Å². The van der Waals surface area contributed by atoms with Crippen LogP contribution in [0, 0.1) is 20.5 Å². The third kappa shape index (κ3) is 13.2. The number of benzene rings is 3. The Morgan fingerprint density at radius 2 is 0.822 bits per heavy atom. The summed E-state index contributed by atoms with van der Waals surface area (Å²) in [4.78, 5) is 9.34. The molecule has 45 heavy (non-hydrogen) atoms. The van der Waals surface area contributed by atoms with Crippen molar-refractivity contribution in [1.82, 2.24) is 9.97 Å². The van der Waals surface area contributed by atoms with Crippen LogP contribution in [0.1, 0.15) is 25.7 Å². The van der Waals surface area contributed by atoms with Gasteiger partial charge in [0.05, 0.1) is 11.0 Å². The number of rotatable bonds is 2. The van der Waals surface area contributed by atoms with Gasteiger partial charge < -0.3 is 11.5 Å². The Kier molecular flexibility index (Phi) is 15.1. The molecule has 2 heterocycles. The summed E-state index contributed by atoms with van der Waals surface area (Å²) >= 11 is 0.